The van der Waals surface area contributed by atoms with E-state index in [4.69, 9.17) is 25.7 Å². The van der Waals surface area contributed by atoms with E-state index in [1.165, 1.54) is 0 Å². The van der Waals surface area contributed by atoms with Gasteiger partial charge in [-0.2, -0.15) is 0 Å². The smallest absolute Gasteiger partial charge is 0.343 e. The molecule has 37 heavy (non-hydrogen) atoms. The number of carboxylic acids is 2. The third-order valence-corrected chi connectivity index (χ3v) is 5.61. The maximum atomic E-state index is 13.0. The number of nitrogens with one attached hydrogen (secondary N) is 3. The summed E-state index contributed by atoms with van der Waals surface area (Å²) in [7, 11) is 0. The van der Waals surface area contributed by atoms with Crippen molar-refractivity contribution in [3.63, 3.8) is 0 Å². The minimum Gasteiger partial charge on any atom is -0.489 e. The quantitative estimate of drug-likeness (QED) is 0.125. The van der Waals surface area contributed by atoms with E-state index in [0.29, 0.717) is 47.6 Å². The van der Waals surface area contributed by atoms with Crippen molar-refractivity contribution >= 4 is 35.5 Å². The van der Waals surface area contributed by atoms with Gasteiger partial charge in [-0.3, -0.25) is 15.0 Å². The standard InChI is InChI=1S/C25H28N4O8/c26-25(27)28-16-7-8-17-15(13-16)4-2-12-36-22-14(3-1-5-19(22)37-24(17)35)6-10-20(30)29-18(23(33)34)9-11-21(31)32/h1,3,5,7-8,13,18H,2,4,6,9-12H2,(H,29,30)(H,31,32)(H,33,34)(H4,26,27,28). The van der Waals surface area contributed by atoms with Crippen molar-refractivity contribution in [2.24, 2.45) is 5.73 Å². The molecule has 2 aromatic rings. The number of guanidine groups is 1. The van der Waals surface area contributed by atoms with Crippen LogP contribution in [0.5, 0.6) is 11.5 Å². The summed E-state index contributed by atoms with van der Waals surface area (Å²) in [4.78, 5) is 47.4. The summed E-state index contributed by atoms with van der Waals surface area (Å²) >= 11 is 0. The molecule has 1 aliphatic rings. The molecule has 12 heteroatoms. The predicted molar refractivity (Wildman–Crippen MR) is 132 cm³/mol. The molecule has 0 saturated carbocycles. The number of rotatable bonds is 9. The Kier molecular flexibility index (Phi) is 9.03. The number of hydrogen-bond donors (Lipinski definition) is 6. The number of esters is 1. The fourth-order valence-electron chi connectivity index (χ4n) is 3.87. The molecule has 0 bridgehead atoms. The fourth-order valence-corrected chi connectivity index (χ4v) is 3.87. The lowest BCUT2D eigenvalue weighted by molar-refractivity contribution is -0.143. The van der Waals surface area contributed by atoms with Crippen LogP contribution in [0.15, 0.2) is 36.4 Å². The number of nitrogens with two attached hydrogens (primary N) is 1. The third-order valence-electron chi connectivity index (χ3n) is 5.61. The molecule has 1 unspecified atom stereocenters. The molecule has 0 spiro atoms. The number of benzene rings is 2. The van der Waals surface area contributed by atoms with Gasteiger partial charge >= 0.3 is 17.9 Å². The molecular weight excluding hydrogens is 484 g/mol. The number of para-hydroxylation sites is 1. The molecule has 0 aliphatic carbocycles. The number of aliphatic carboxylic acids is 2. The minimum absolute atomic E-state index is 0.0840. The first-order valence-electron chi connectivity index (χ1n) is 11.6. The predicted octanol–water partition coefficient (Wildman–Crippen LogP) is 1.90. The first-order chi connectivity index (χ1) is 17.6. The molecular formula is C25H28N4O8. The van der Waals surface area contributed by atoms with Crippen LogP contribution in [0.3, 0.4) is 0 Å². The average molecular weight is 513 g/mol. The molecule has 0 saturated heterocycles. The summed E-state index contributed by atoms with van der Waals surface area (Å²) in [6, 6.07) is 8.60. The van der Waals surface area contributed by atoms with Crippen molar-refractivity contribution in [1.29, 1.82) is 5.41 Å². The maximum absolute atomic E-state index is 13.0. The van der Waals surface area contributed by atoms with Gasteiger partial charge in [0.25, 0.3) is 0 Å². The molecule has 1 atom stereocenters. The summed E-state index contributed by atoms with van der Waals surface area (Å²) in [5.74, 6) is -3.33. The first-order valence-corrected chi connectivity index (χ1v) is 11.6. The molecule has 1 aliphatic heterocycles. The van der Waals surface area contributed by atoms with Crippen molar-refractivity contribution in [2.75, 3.05) is 11.9 Å². The summed E-state index contributed by atoms with van der Waals surface area (Å²) in [5, 5.41) is 30.4. The summed E-state index contributed by atoms with van der Waals surface area (Å²) in [6.45, 7) is 0.299. The van der Waals surface area contributed by atoms with Gasteiger partial charge in [0.2, 0.25) is 5.91 Å². The van der Waals surface area contributed by atoms with E-state index < -0.39 is 29.9 Å². The van der Waals surface area contributed by atoms with Gasteiger partial charge in [0.15, 0.2) is 17.5 Å². The van der Waals surface area contributed by atoms with E-state index in [1.807, 2.05) is 0 Å². The second-order valence-electron chi connectivity index (χ2n) is 8.39. The van der Waals surface area contributed by atoms with Crippen LogP contribution in [0, 0.1) is 5.41 Å². The van der Waals surface area contributed by atoms with Crippen molar-refractivity contribution in [3.8, 4) is 11.5 Å². The maximum Gasteiger partial charge on any atom is 0.343 e. The Bertz CT molecular complexity index is 1210. The van der Waals surface area contributed by atoms with E-state index in [9.17, 15) is 24.3 Å². The topological polar surface area (TPSA) is 201 Å². The van der Waals surface area contributed by atoms with Crippen LogP contribution < -0.4 is 25.8 Å². The fraction of sp³-hybridized carbons (Fsp3) is 0.320. The van der Waals surface area contributed by atoms with Crippen LogP contribution >= 0.6 is 0 Å². The normalized spacial score (nSPS) is 13.6. The van der Waals surface area contributed by atoms with Crippen molar-refractivity contribution < 1.29 is 38.9 Å². The van der Waals surface area contributed by atoms with Crippen LogP contribution in [0.2, 0.25) is 0 Å². The number of fused-ring (bicyclic) bond motifs is 2. The van der Waals surface area contributed by atoms with Gasteiger partial charge in [-0.1, -0.05) is 12.1 Å². The number of amides is 1. The zero-order chi connectivity index (χ0) is 26.9. The largest absolute Gasteiger partial charge is 0.489 e. The highest BCUT2D eigenvalue weighted by molar-refractivity contribution is 5.95. The van der Waals surface area contributed by atoms with Gasteiger partial charge in [-0.25, -0.2) is 9.59 Å². The summed E-state index contributed by atoms with van der Waals surface area (Å²) in [5.41, 5.74) is 7.64. The molecule has 12 nitrogen and oxygen atoms in total. The monoisotopic (exact) mass is 512 g/mol. The second kappa shape index (κ2) is 12.4. The number of anilines is 1. The molecule has 7 N–H and O–H groups in total. The number of aryl methyl sites for hydroxylation is 2. The highest BCUT2D eigenvalue weighted by Gasteiger charge is 2.23. The number of hydrogen-bond acceptors (Lipinski definition) is 7. The van der Waals surface area contributed by atoms with Crippen LogP contribution in [-0.2, 0) is 27.2 Å². The molecule has 1 amide bonds. The lowest BCUT2D eigenvalue weighted by atomic mass is 10.0. The number of carbonyl (C=O) groups is 4. The second-order valence-corrected chi connectivity index (χ2v) is 8.39. The zero-order valence-electron chi connectivity index (χ0n) is 19.9. The van der Waals surface area contributed by atoms with Crippen molar-refractivity contribution in [1.82, 2.24) is 5.32 Å². The lowest BCUT2D eigenvalue weighted by Crippen LogP contribution is -2.41. The Hall–Kier alpha value is -4.61. The first kappa shape index (κ1) is 27.0. The van der Waals surface area contributed by atoms with E-state index in [1.54, 1.807) is 36.4 Å². The Labute approximate surface area is 212 Å². The number of ether oxygens (including phenoxy) is 2. The van der Waals surface area contributed by atoms with Gasteiger partial charge in [-0.15, -0.1) is 0 Å². The SMILES string of the molecule is N=C(N)Nc1ccc2c(c1)CCCOc1c(CCC(=O)NC(CCC(=O)O)C(=O)O)cccc1OC2=O. The van der Waals surface area contributed by atoms with Crippen LogP contribution in [-0.4, -0.2) is 52.6 Å². The van der Waals surface area contributed by atoms with E-state index >= 15 is 0 Å². The molecule has 1 heterocycles. The van der Waals surface area contributed by atoms with E-state index in [-0.39, 0.29) is 37.4 Å². The minimum atomic E-state index is -1.31. The Balaban J connectivity index is 1.74. The molecule has 0 aromatic heterocycles. The molecule has 0 fully saturated rings. The summed E-state index contributed by atoms with van der Waals surface area (Å²) in [6.07, 6.45) is 0.546. The van der Waals surface area contributed by atoms with E-state index in [0.717, 1.165) is 0 Å². The Morgan fingerprint density at radius 3 is 2.62 bits per heavy atom. The lowest BCUT2D eigenvalue weighted by Gasteiger charge is -2.19. The van der Waals surface area contributed by atoms with Gasteiger partial charge in [0, 0.05) is 18.5 Å². The Morgan fingerprint density at radius 2 is 1.92 bits per heavy atom. The Morgan fingerprint density at radius 1 is 1.14 bits per heavy atom. The van der Waals surface area contributed by atoms with Gasteiger partial charge in [0.05, 0.1) is 12.2 Å². The van der Waals surface area contributed by atoms with Gasteiger partial charge < -0.3 is 36.1 Å². The molecule has 196 valence electrons. The van der Waals surface area contributed by atoms with Crippen molar-refractivity contribution in [2.45, 2.75) is 44.6 Å². The number of carbonyl (C=O) groups excluding carboxylic acids is 2. The van der Waals surface area contributed by atoms with Crippen LogP contribution in [0.25, 0.3) is 0 Å². The third kappa shape index (κ3) is 7.69. The summed E-state index contributed by atoms with van der Waals surface area (Å²) < 4.78 is 11.6. The highest BCUT2D eigenvalue weighted by Crippen LogP contribution is 2.34. The van der Waals surface area contributed by atoms with Gasteiger partial charge in [0.1, 0.15) is 6.04 Å². The van der Waals surface area contributed by atoms with E-state index in [2.05, 4.69) is 10.6 Å². The number of carboxylic acid groups (broad SMARTS) is 2. The molecule has 2 aromatic carbocycles. The van der Waals surface area contributed by atoms with Gasteiger partial charge in [-0.05, 0) is 61.1 Å². The zero-order valence-corrected chi connectivity index (χ0v) is 19.9. The molecule has 3 rings (SSSR count). The van der Waals surface area contributed by atoms with Crippen molar-refractivity contribution in [3.05, 3.63) is 53.1 Å². The molecule has 0 radical (unpaired) electrons. The van der Waals surface area contributed by atoms with Crippen LogP contribution in [0.1, 0.15) is 47.2 Å². The van der Waals surface area contributed by atoms with Crippen LogP contribution in [0.4, 0.5) is 5.69 Å². The average Bonchev–Trinajstić information content (AvgIpc) is 2.83. The highest BCUT2D eigenvalue weighted by atomic mass is 16.6.